The molecule has 2 aromatic rings. The van der Waals surface area contributed by atoms with Gasteiger partial charge in [-0.05, 0) is 35.2 Å². The number of pyridine rings is 1. The van der Waals surface area contributed by atoms with Gasteiger partial charge in [-0.3, -0.25) is 4.98 Å². The van der Waals surface area contributed by atoms with Gasteiger partial charge in [-0.1, -0.05) is 13.8 Å². The van der Waals surface area contributed by atoms with Crippen molar-refractivity contribution in [1.82, 2.24) is 9.55 Å². The molecule has 0 aliphatic carbocycles. The maximum Gasteiger partial charge on any atom is 0.0471 e. The molecule has 0 saturated carbocycles. The lowest BCUT2D eigenvalue weighted by Crippen LogP contribution is -2.15. The van der Waals surface area contributed by atoms with Crippen LogP contribution in [0.25, 0.3) is 0 Å². The Balaban J connectivity index is 2.09. The zero-order valence-corrected chi connectivity index (χ0v) is 10.4. The van der Waals surface area contributed by atoms with Crippen molar-refractivity contribution in [3.8, 4) is 0 Å². The van der Waals surface area contributed by atoms with Gasteiger partial charge < -0.3 is 10.3 Å². The quantitative estimate of drug-likeness (QED) is 0.875. The highest BCUT2D eigenvalue weighted by molar-refractivity contribution is 5.18. The van der Waals surface area contributed by atoms with Crippen molar-refractivity contribution in [2.24, 2.45) is 11.7 Å². The first-order valence-corrected chi connectivity index (χ1v) is 5.97. The van der Waals surface area contributed by atoms with Gasteiger partial charge in [0.2, 0.25) is 0 Å². The van der Waals surface area contributed by atoms with Gasteiger partial charge in [-0.15, -0.1) is 0 Å². The van der Waals surface area contributed by atoms with Crippen LogP contribution in [-0.2, 0) is 6.54 Å². The summed E-state index contributed by atoms with van der Waals surface area (Å²) in [6.45, 7) is 5.16. The molecule has 0 aliphatic heterocycles. The summed E-state index contributed by atoms with van der Waals surface area (Å²) in [7, 11) is 0. The molecular weight excluding hydrogens is 210 g/mol. The first-order valence-electron chi connectivity index (χ1n) is 5.97. The number of hydrogen-bond donors (Lipinski definition) is 1. The fraction of sp³-hybridized carbons (Fsp3) is 0.357. The Morgan fingerprint density at radius 3 is 2.59 bits per heavy atom. The van der Waals surface area contributed by atoms with E-state index in [4.69, 9.17) is 5.73 Å². The highest BCUT2D eigenvalue weighted by Gasteiger charge is 2.11. The third kappa shape index (κ3) is 2.94. The summed E-state index contributed by atoms with van der Waals surface area (Å²) in [5.41, 5.74) is 8.57. The van der Waals surface area contributed by atoms with Gasteiger partial charge >= 0.3 is 0 Å². The second-order valence-electron chi connectivity index (χ2n) is 4.74. The van der Waals surface area contributed by atoms with Gasteiger partial charge in [0.15, 0.2) is 0 Å². The van der Waals surface area contributed by atoms with Crippen LogP contribution in [0.15, 0.2) is 43.0 Å². The lowest BCUT2D eigenvalue weighted by atomic mass is 10.00. The molecular formula is C14H19N3. The van der Waals surface area contributed by atoms with Crippen molar-refractivity contribution in [3.63, 3.8) is 0 Å². The van der Waals surface area contributed by atoms with E-state index in [-0.39, 0.29) is 6.04 Å². The van der Waals surface area contributed by atoms with Crippen molar-refractivity contribution in [2.45, 2.75) is 26.4 Å². The number of nitrogens with two attached hydrogens (primary N) is 1. The third-order valence-corrected chi connectivity index (χ3v) is 2.99. The summed E-state index contributed by atoms with van der Waals surface area (Å²) in [5, 5.41) is 0. The molecule has 3 heteroatoms. The first-order chi connectivity index (χ1) is 8.16. The Morgan fingerprint density at radius 2 is 1.94 bits per heavy atom. The van der Waals surface area contributed by atoms with Crippen LogP contribution in [0.1, 0.15) is 31.0 Å². The second kappa shape index (κ2) is 5.15. The molecule has 0 fully saturated rings. The Bertz CT molecular complexity index is 459. The molecule has 0 saturated heterocycles. The predicted octanol–water partition coefficient (Wildman–Crippen LogP) is 2.59. The fourth-order valence-corrected chi connectivity index (χ4v) is 1.84. The normalized spacial score (nSPS) is 12.9. The molecule has 1 unspecified atom stereocenters. The minimum atomic E-state index is 0.119. The minimum absolute atomic E-state index is 0.119. The molecule has 2 N–H and O–H groups in total. The maximum absolute atomic E-state index is 6.12. The molecule has 2 aromatic heterocycles. The number of hydrogen-bond acceptors (Lipinski definition) is 2. The molecule has 0 bridgehead atoms. The lowest BCUT2D eigenvalue weighted by Gasteiger charge is -2.13. The zero-order chi connectivity index (χ0) is 12.3. The van der Waals surface area contributed by atoms with Crippen LogP contribution in [-0.4, -0.2) is 9.55 Å². The van der Waals surface area contributed by atoms with Crippen LogP contribution in [0.2, 0.25) is 0 Å². The number of aromatic nitrogens is 2. The number of rotatable bonds is 4. The summed E-state index contributed by atoms with van der Waals surface area (Å²) in [4.78, 5) is 4.01. The average molecular weight is 229 g/mol. The molecule has 0 aliphatic rings. The van der Waals surface area contributed by atoms with Crippen LogP contribution in [0.3, 0.4) is 0 Å². The van der Waals surface area contributed by atoms with Gasteiger partial charge in [-0.2, -0.15) is 0 Å². The fourth-order valence-electron chi connectivity index (χ4n) is 1.84. The van der Waals surface area contributed by atoms with Gasteiger partial charge in [0.25, 0.3) is 0 Å². The topological polar surface area (TPSA) is 43.8 Å². The van der Waals surface area contributed by atoms with E-state index in [1.807, 2.05) is 24.5 Å². The van der Waals surface area contributed by atoms with Gasteiger partial charge in [0.05, 0.1) is 0 Å². The Labute approximate surface area is 102 Å². The summed E-state index contributed by atoms with van der Waals surface area (Å²) >= 11 is 0. The van der Waals surface area contributed by atoms with E-state index in [2.05, 4.69) is 41.9 Å². The molecule has 0 spiro atoms. The summed E-state index contributed by atoms with van der Waals surface area (Å²) in [6, 6.07) is 6.28. The SMILES string of the molecule is CC(C)C(N)c1ccn(Cc2ccncc2)c1. The Hall–Kier alpha value is -1.61. The van der Waals surface area contributed by atoms with E-state index in [1.54, 1.807) is 0 Å². The van der Waals surface area contributed by atoms with Gasteiger partial charge in [0.1, 0.15) is 0 Å². The monoisotopic (exact) mass is 229 g/mol. The Morgan fingerprint density at radius 1 is 1.24 bits per heavy atom. The van der Waals surface area contributed by atoms with E-state index < -0.39 is 0 Å². The summed E-state index contributed by atoms with van der Waals surface area (Å²) < 4.78 is 2.16. The zero-order valence-electron chi connectivity index (χ0n) is 10.4. The maximum atomic E-state index is 6.12. The first kappa shape index (κ1) is 11.9. The van der Waals surface area contributed by atoms with Crippen molar-refractivity contribution in [2.75, 3.05) is 0 Å². The molecule has 1 atom stereocenters. The van der Waals surface area contributed by atoms with Crippen LogP contribution < -0.4 is 5.73 Å². The van der Waals surface area contributed by atoms with Crippen LogP contribution in [0, 0.1) is 5.92 Å². The Kier molecular flexibility index (Phi) is 3.59. The van der Waals surface area contributed by atoms with Crippen LogP contribution in [0.5, 0.6) is 0 Å². The molecule has 2 rings (SSSR count). The van der Waals surface area contributed by atoms with Crippen molar-refractivity contribution < 1.29 is 0 Å². The minimum Gasteiger partial charge on any atom is -0.350 e. The average Bonchev–Trinajstić information content (AvgIpc) is 2.77. The molecule has 90 valence electrons. The largest absolute Gasteiger partial charge is 0.350 e. The van der Waals surface area contributed by atoms with E-state index in [0.29, 0.717) is 5.92 Å². The molecule has 3 nitrogen and oxygen atoms in total. The second-order valence-corrected chi connectivity index (χ2v) is 4.74. The van der Waals surface area contributed by atoms with Crippen LogP contribution >= 0.6 is 0 Å². The number of nitrogens with zero attached hydrogens (tertiary/aromatic N) is 2. The van der Waals surface area contributed by atoms with E-state index in [9.17, 15) is 0 Å². The standard InChI is InChI=1S/C14H19N3/c1-11(2)14(15)13-5-8-17(10-13)9-12-3-6-16-7-4-12/h3-8,10-11,14H,9,15H2,1-2H3. The van der Waals surface area contributed by atoms with Crippen molar-refractivity contribution in [1.29, 1.82) is 0 Å². The summed E-state index contributed by atoms with van der Waals surface area (Å²) in [6.07, 6.45) is 7.85. The molecule has 0 radical (unpaired) electrons. The van der Waals surface area contributed by atoms with Crippen molar-refractivity contribution >= 4 is 0 Å². The molecule has 0 aromatic carbocycles. The van der Waals surface area contributed by atoms with E-state index in [1.165, 1.54) is 11.1 Å². The van der Waals surface area contributed by atoms with E-state index in [0.717, 1.165) is 6.54 Å². The highest BCUT2D eigenvalue weighted by atomic mass is 14.9. The smallest absolute Gasteiger partial charge is 0.0471 e. The summed E-state index contributed by atoms with van der Waals surface area (Å²) in [5.74, 6) is 0.465. The lowest BCUT2D eigenvalue weighted by molar-refractivity contribution is 0.513. The van der Waals surface area contributed by atoms with Gasteiger partial charge in [0, 0.05) is 37.4 Å². The molecule has 17 heavy (non-hydrogen) atoms. The van der Waals surface area contributed by atoms with Crippen LogP contribution in [0.4, 0.5) is 0 Å². The van der Waals surface area contributed by atoms with Gasteiger partial charge in [-0.25, -0.2) is 0 Å². The third-order valence-electron chi connectivity index (χ3n) is 2.99. The molecule has 2 heterocycles. The van der Waals surface area contributed by atoms with E-state index >= 15 is 0 Å². The highest BCUT2D eigenvalue weighted by Crippen LogP contribution is 2.19. The van der Waals surface area contributed by atoms with Crippen molar-refractivity contribution in [3.05, 3.63) is 54.1 Å². The predicted molar refractivity (Wildman–Crippen MR) is 69.5 cm³/mol. The molecule has 0 amide bonds.